The van der Waals surface area contributed by atoms with E-state index in [2.05, 4.69) is 15.5 Å². The molecule has 28 heavy (non-hydrogen) atoms. The van der Waals surface area contributed by atoms with Crippen LogP contribution in [0.4, 0.5) is 4.39 Å². The minimum atomic E-state index is -1.76. The monoisotopic (exact) mass is 385 g/mol. The second kappa shape index (κ2) is 7.03. The molecule has 1 atom stereocenters. The smallest absolute Gasteiger partial charge is 0.333 e. The maximum atomic E-state index is 13.2. The second-order valence-electron chi connectivity index (χ2n) is 7.09. The first-order valence-electron chi connectivity index (χ1n) is 8.72. The van der Waals surface area contributed by atoms with Gasteiger partial charge in [-0.05, 0) is 43.5 Å². The predicted octanol–water partition coefficient (Wildman–Crippen LogP) is 3.52. The Morgan fingerprint density at radius 1 is 1.25 bits per heavy atom. The van der Waals surface area contributed by atoms with E-state index in [9.17, 15) is 19.1 Å². The van der Waals surface area contributed by atoms with Crippen molar-refractivity contribution in [3.8, 4) is 0 Å². The highest BCUT2D eigenvalue weighted by Gasteiger charge is 2.38. The highest BCUT2D eigenvalue weighted by molar-refractivity contribution is 6.07. The highest BCUT2D eigenvalue weighted by Crippen LogP contribution is 2.27. The molecule has 0 spiro atoms. The number of benzene rings is 1. The molecule has 3 aromatic rings. The van der Waals surface area contributed by atoms with Crippen LogP contribution in [0.15, 0.2) is 34.9 Å². The summed E-state index contributed by atoms with van der Waals surface area (Å²) in [6.07, 6.45) is 0. The number of hydrogen-bond donors (Lipinski definition) is 2. The van der Waals surface area contributed by atoms with E-state index in [0.29, 0.717) is 16.8 Å². The number of carboxylic acids is 1. The lowest BCUT2D eigenvalue weighted by molar-refractivity contribution is -0.144. The van der Waals surface area contributed by atoms with Crippen LogP contribution in [-0.2, 0) is 10.3 Å². The molecular formula is C20H20FN3O4. The summed E-state index contributed by atoms with van der Waals surface area (Å²) in [6, 6.07) is 6.56. The van der Waals surface area contributed by atoms with Crippen LogP contribution < -0.4 is 5.32 Å². The van der Waals surface area contributed by atoms with Crippen molar-refractivity contribution in [1.82, 2.24) is 15.5 Å². The molecule has 0 radical (unpaired) electrons. The van der Waals surface area contributed by atoms with E-state index in [-0.39, 0.29) is 22.8 Å². The third kappa shape index (κ3) is 3.33. The Hall–Kier alpha value is -3.29. The van der Waals surface area contributed by atoms with Crippen molar-refractivity contribution in [2.24, 2.45) is 0 Å². The molecule has 1 amide bonds. The van der Waals surface area contributed by atoms with Crippen LogP contribution in [0, 0.1) is 12.7 Å². The van der Waals surface area contributed by atoms with Gasteiger partial charge in [0.2, 0.25) is 0 Å². The number of aromatic nitrogens is 2. The largest absolute Gasteiger partial charge is 0.479 e. The summed E-state index contributed by atoms with van der Waals surface area (Å²) in [7, 11) is 0. The molecule has 0 saturated carbocycles. The Kier molecular flexibility index (Phi) is 4.89. The number of pyridine rings is 1. The molecule has 0 saturated heterocycles. The van der Waals surface area contributed by atoms with Crippen LogP contribution in [-0.4, -0.2) is 27.1 Å². The van der Waals surface area contributed by atoms with E-state index in [0.717, 1.165) is 12.1 Å². The van der Waals surface area contributed by atoms with Gasteiger partial charge in [-0.25, -0.2) is 14.2 Å². The first-order chi connectivity index (χ1) is 13.1. The Morgan fingerprint density at radius 2 is 1.89 bits per heavy atom. The molecule has 7 nitrogen and oxygen atoms in total. The molecular weight excluding hydrogens is 365 g/mol. The summed E-state index contributed by atoms with van der Waals surface area (Å²) < 4.78 is 18.5. The molecule has 0 bridgehead atoms. The Morgan fingerprint density at radius 3 is 2.46 bits per heavy atom. The maximum absolute atomic E-state index is 13.2. The summed E-state index contributed by atoms with van der Waals surface area (Å²) in [4.78, 5) is 29.4. The fourth-order valence-electron chi connectivity index (χ4n) is 2.92. The van der Waals surface area contributed by atoms with Crippen molar-refractivity contribution in [1.29, 1.82) is 0 Å². The molecule has 8 heteroatoms. The molecule has 2 N–H and O–H groups in total. The lowest BCUT2D eigenvalue weighted by Gasteiger charge is -2.27. The number of halogens is 1. The Balaban J connectivity index is 2.09. The quantitative estimate of drug-likeness (QED) is 0.696. The van der Waals surface area contributed by atoms with Gasteiger partial charge < -0.3 is 14.9 Å². The number of nitrogens with zero attached hydrogens (tertiary/aromatic N) is 2. The van der Waals surface area contributed by atoms with Gasteiger partial charge in [0.05, 0.1) is 16.6 Å². The molecule has 0 aliphatic rings. The lowest BCUT2D eigenvalue weighted by Crippen LogP contribution is -2.49. The number of aliphatic carboxylic acids is 1. The molecule has 0 fully saturated rings. The zero-order chi connectivity index (χ0) is 20.6. The zero-order valence-corrected chi connectivity index (χ0v) is 15.9. The predicted molar refractivity (Wildman–Crippen MR) is 99.5 cm³/mol. The number of carboxylic acid groups (broad SMARTS) is 1. The fourth-order valence-corrected chi connectivity index (χ4v) is 2.92. The Labute approximate surface area is 160 Å². The lowest BCUT2D eigenvalue weighted by atomic mass is 9.91. The summed E-state index contributed by atoms with van der Waals surface area (Å²) in [6.45, 7) is 6.86. The number of carbonyl (C=O) groups excluding carboxylic acids is 1. The van der Waals surface area contributed by atoms with Gasteiger partial charge in [0.25, 0.3) is 11.6 Å². The molecule has 2 aromatic heterocycles. The topological polar surface area (TPSA) is 105 Å². The normalized spacial score (nSPS) is 13.5. The Bertz CT molecular complexity index is 1060. The SMILES string of the molecule is Cc1noc2nc(C(C)C)cc(C(=O)NC(C)(C(=O)O)c3ccc(F)cc3)c12. The van der Waals surface area contributed by atoms with Crippen LogP contribution in [0.25, 0.3) is 11.1 Å². The first kappa shape index (κ1) is 19.5. The second-order valence-corrected chi connectivity index (χ2v) is 7.09. The highest BCUT2D eigenvalue weighted by atomic mass is 19.1. The minimum Gasteiger partial charge on any atom is -0.479 e. The molecule has 0 aliphatic carbocycles. The number of aryl methyl sites for hydroxylation is 1. The third-order valence-electron chi connectivity index (χ3n) is 4.69. The van der Waals surface area contributed by atoms with Crippen LogP contribution in [0.3, 0.4) is 0 Å². The number of hydrogen-bond acceptors (Lipinski definition) is 5. The average molecular weight is 385 g/mol. The van der Waals surface area contributed by atoms with Crippen molar-refractivity contribution in [2.75, 3.05) is 0 Å². The van der Waals surface area contributed by atoms with Crippen molar-refractivity contribution in [3.63, 3.8) is 0 Å². The van der Waals surface area contributed by atoms with Gasteiger partial charge in [0, 0.05) is 5.69 Å². The van der Waals surface area contributed by atoms with Crippen molar-refractivity contribution < 1.29 is 23.6 Å². The molecule has 146 valence electrons. The van der Waals surface area contributed by atoms with Gasteiger partial charge in [-0.3, -0.25) is 4.79 Å². The third-order valence-corrected chi connectivity index (χ3v) is 4.69. The van der Waals surface area contributed by atoms with E-state index < -0.39 is 23.2 Å². The van der Waals surface area contributed by atoms with Crippen molar-refractivity contribution in [3.05, 3.63) is 58.7 Å². The van der Waals surface area contributed by atoms with Crippen LogP contribution in [0.1, 0.15) is 54.0 Å². The molecule has 3 rings (SSSR count). The molecule has 1 unspecified atom stereocenters. The average Bonchev–Trinajstić information content (AvgIpc) is 3.02. The number of carbonyl (C=O) groups is 2. The molecule has 0 aliphatic heterocycles. The molecule has 2 heterocycles. The van der Waals surface area contributed by atoms with Gasteiger partial charge in [-0.1, -0.05) is 31.1 Å². The number of amides is 1. The fraction of sp³-hybridized carbons (Fsp3) is 0.300. The number of rotatable bonds is 5. The summed E-state index contributed by atoms with van der Waals surface area (Å²) >= 11 is 0. The summed E-state index contributed by atoms with van der Waals surface area (Å²) in [5.41, 5.74) is 0.0129. The molecule has 1 aromatic carbocycles. The van der Waals surface area contributed by atoms with E-state index in [1.165, 1.54) is 19.1 Å². The van der Waals surface area contributed by atoms with Crippen LogP contribution in [0.5, 0.6) is 0 Å². The standard InChI is InChI=1S/C20H20FN3O4/c1-10(2)15-9-14(16-11(3)24-28-18(16)22-15)17(25)23-20(4,19(26)27)12-5-7-13(21)8-6-12/h5-10H,1-4H3,(H,23,25)(H,26,27). The van der Waals surface area contributed by atoms with E-state index in [1.54, 1.807) is 13.0 Å². The van der Waals surface area contributed by atoms with E-state index in [4.69, 9.17) is 4.52 Å². The number of nitrogens with one attached hydrogen (secondary N) is 1. The summed E-state index contributed by atoms with van der Waals surface area (Å²) in [5.74, 6) is -2.37. The van der Waals surface area contributed by atoms with Crippen LogP contribution in [0.2, 0.25) is 0 Å². The number of fused-ring (bicyclic) bond motifs is 1. The summed E-state index contributed by atoms with van der Waals surface area (Å²) in [5, 5.41) is 16.6. The minimum absolute atomic E-state index is 0.0179. The zero-order valence-electron chi connectivity index (χ0n) is 15.9. The van der Waals surface area contributed by atoms with Gasteiger partial charge in [0.15, 0.2) is 5.54 Å². The van der Waals surface area contributed by atoms with Gasteiger partial charge in [-0.15, -0.1) is 0 Å². The van der Waals surface area contributed by atoms with Crippen molar-refractivity contribution in [2.45, 2.75) is 39.2 Å². The maximum Gasteiger partial charge on any atom is 0.333 e. The van der Waals surface area contributed by atoms with Gasteiger partial charge in [-0.2, -0.15) is 0 Å². The first-order valence-corrected chi connectivity index (χ1v) is 8.72. The van der Waals surface area contributed by atoms with Crippen LogP contribution >= 0.6 is 0 Å². The van der Waals surface area contributed by atoms with E-state index in [1.807, 2.05) is 13.8 Å². The van der Waals surface area contributed by atoms with Gasteiger partial charge >= 0.3 is 5.97 Å². The van der Waals surface area contributed by atoms with Gasteiger partial charge in [0.1, 0.15) is 5.82 Å². The van der Waals surface area contributed by atoms with E-state index >= 15 is 0 Å². The van der Waals surface area contributed by atoms with Crippen molar-refractivity contribution >= 4 is 23.0 Å².